The first-order chi connectivity index (χ1) is 6.56. The molecule has 0 spiro atoms. The maximum atomic E-state index is 11.5. The topological polar surface area (TPSA) is 37.3 Å². The van der Waals surface area contributed by atoms with Gasteiger partial charge in [-0.3, -0.25) is 4.79 Å². The first-order valence-corrected chi connectivity index (χ1v) is 5.86. The number of aromatic hydroxyl groups is 1. The summed E-state index contributed by atoms with van der Waals surface area (Å²) in [5.41, 5.74) is 0.614. The van der Waals surface area contributed by atoms with Gasteiger partial charge >= 0.3 is 0 Å². The van der Waals surface area contributed by atoms with Gasteiger partial charge < -0.3 is 5.11 Å². The van der Waals surface area contributed by atoms with Gasteiger partial charge in [0.25, 0.3) is 0 Å². The van der Waals surface area contributed by atoms with Gasteiger partial charge in [-0.2, -0.15) is 0 Å². The minimum atomic E-state index is 0.0916. The van der Waals surface area contributed by atoms with Gasteiger partial charge in [0.2, 0.25) is 0 Å². The molecule has 1 aromatic rings. The summed E-state index contributed by atoms with van der Waals surface area (Å²) < 4.78 is 1.07. The molecule has 1 rings (SSSR count). The van der Waals surface area contributed by atoms with Gasteiger partial charge in [-0.25, -0.2) is 0 Å². The zero-order valence-corrected chi connectivity index (χ0v) is 10.9. The maximum Gasteiger partial charge on any atom is 0.162 e. The normalized spacial score (nSPS) is 10.2. The third-order valence-corrected chi connectivity index (χ3v) is 3.02. The number of phenols is 1. The van der Waals surface area contributed by atoms with Crippen molar-refractivity contribution in [1.82, 2.24) is 0 Å². The van der Waals surface area contributed by atoms with Crippen molar-refractivity contribution in [3.05, 3.63) is 26.6 Å². The fourth-order valence-electron chi connectivity index (χ4n) is 1.10. The molecule has 1 N–H and O–H groups in total. The maximum absolute atomic E-state index is 11.5. The van der Waals surface area contributed by atoms with Crippen molar-refractivity contribution in [2.45, 2.75) is 19.8 Å². The van der Waals surface area contributed by atoms with Crippen molar-refractivity contribution in [2.75, 3.05) is 0 Å². The van der Waals surface area contributed by atoms with Gasteiger partial charge in [0.1, 0.15) is 5.75 Å². The van der Waals surface area contributed by atoms with Gasteiger partial charge in [-0.1, -0.05) is 6.92 Å². The summed E-state index contributed by atoms with van der Waals surface area (Å²) in [6, 6.07) is 3.27. The highest BCUT2D eigenvalue weighted by Crippen LogP contribution is 2.33. The van der Waals surface area contributed by atoms with Crippen LogP contribution in [-0.4, -0.2) is 10.9 Å². The van der Waals surface area contributed by atoms with Gasteiger partial charge in [0.15, 0.2) is 5.78 Å². The van der Waals surface area contributed by atoms with Crippen molar-refractivity contribution < 1.29 is 9.90 Å². The van der Waals surface area contributed by atoms with Crippen molar-refractivity contribution in [3.63, 3.8) is 0 Å². The quantitative estimate of drug-likeness (QED) is 0.857. The molecule has 0 radical (unpaired) electrons. The Hall–Kier alpha value is -0.350. The van der Waals surface area contributed by atoms with E-state index in [9.17, 15) is 9.90 Å². The molecule has 14 heavy (non-hydrogen) atoms. The fraction of sp³-hybridized carbons (Fsp3) is 0.300. The highest BCUT2D eigenvalue weighted by atomic mass is 79.9. The van der Waals surface area contributed by atoms with E-state index in [0.717, 1.165) is 6.42 Å². The molecule has 0 aliphatic heterocycles. The molecule has 0 saturated carbocycles. The third-order valence-electron chi connectivity index (χ3n) is 1.82. The molecule has 4 heteroatoms. The third kappa shape index (κ3) is 2.58. The molecule has 0 heterocycles. The average Bonchev–Trinajstić information content (AvgIpc) is 2.13. The van der Waals surface area contributed by atoms with Gasteiger partial charge in [0.05, 0.1) is 8.95 Å². The summed E-state index contributed by atoms with van der Waals surface area (Å²) >= 11 is 6.37. The number of carbonyl (C=O) groups is 1. The summed E-state index contributed by atoms with van der Waals surface area (Å²) in [5, 5.41) is 9.44. The molecule has 0 atom stereocenters. The van der Waals surface area contributed by atoms with E-state index in [2.05, 4.69) is 31.9 Å². The molecule has 0 unspecified atom stereocenters. The van der Waals surface area contributed by atoms with E-state index in [0.29, 0.717) is 20.9 Å². The Labute approximate surface area is 99.6 Å². The Balaban J connectivity index is 3.06. The van der Waals surface area contributed by atoms with Crippen LogP contribution in [0.5, 0.6) is 5.75 Å². The van der Waals surface area contributed by atoms with E-state index in [1.807, 2.05) is 6.92 Å². The average molecular weight is 322 g/mol. The molecular formula is C10H10Br2O2. The largest absolute Gasteiger partial charge is 0.506 e. The van der Waals surface area contributed by atoms with Crippen LogP contribution in [0.2, 0.25) is 0 Å². The van der Waals surface area contributed by atoms with Crippen LogP contribution in [0.15, 0.2) is 21.1 Å². The van der Waals surface area contributed by atoms with Crippen LogP contribution >= 0.6 is 31.9 Å². The number of benzene rings is 1. The number of phenolic OH excluding ortho intramolecular Hbond substituents is 1. The van der Waals surface area contributed by atoms with Crippen LogP contribution in [0.1, 0.15) is 30.1 Å². The minimum Gasteiger partial charge on any atom is -0.506 e. The van der Waals surface area contributed by atoms with Crippen molar-refractivity contribution in [3.8, 4) is 5.75 Å². The Morgan fingerprint density at radius 1 is 1.36 bits per heavy atom. The number of hydrogen-bond donors (Lipinski definition) is 1. The molecule has 2 nitrogen and oxygen atoms in total. The van der Waals surface area contributed by atoms with E-state index >= 15 is 0 Å². The number of rotatable bonds is 3. The van der Waals surface area contributed by atoms with Crippen LogP contribution in [0.25, 0.3) is 0 Å². The second-order valence-electron chi connectivity index (χ2n) is 2.96. The van der Waals surface area contributed by atoms with E-state index in [4.69, 9.17) is 0 Å². The predicted molar refractivity (Wildman–Crippen MR) is 62.7 cm³/mol. The van der Waals surface area contributed by atoms with Crippen LogP contribution in [0.3, 0.4) is 0 Å². The van der Waals surface area contributed by atoms with Crippen molar-refractivity contribution in [1.29, 1.82) is 0 Å². The SMILES string of the molecule is CCCC(=O)c1cc(Br)c(O)c(Br)c1. The van der Waals surface area contributed by atoms with Crippen LogP contribution in [0, 0.1) is 0 Å². The second-order valence-corrected chi connectivity index (χ2v) is 4.67. The van der Waals surface area contributed by atoms with Crippen molar-refractivity contribution in [2.24, 2.45) is 0 Å². The Morgan fingerprint density at radius 3 is 2.29 bits per heavy atom. The number of hydrogen-bond acceptors (Lipinski definition) is 2. The molecule has 0 aromatic heterocycles. The zero-order valence-electron chi connectivity index (χ0n) is 7.68. The van der Waals surface area contributed by atoms with E-state index in [1.54, 1.807) is 12.1 Å². The molecule has 76 valence electrons. The number of Topliss-reactive ketones (excluding diaryl/α,β-unsaturated/α-hetero) is 1. The van der Waals surface area contributed by atoms with Gasteiger partial charge in [0, 0.05) is 12.0 Å². The highest BCUT2D eigenvalue weighted by Gasteiger charge is 2.10. The highest BCUT2D eigenvalue weighted by molar-refractivity contribution is 9.11. The summed E-state index contributed by atoms with van der Waals surface area (Å²) in [6.45, 7) is 1.96. The number of carbonyl (C=O) groups excluding carboxylic acids is 1. The Bertz CT molecular complexity index is 338. The molecule has 1 aromatic carbocycles. The predicted octanol–water partition coefficient (Wildman–Crippen LogP) is 3.90. The van der Waals surface area contributed by atoms with Crippen LogP contribution < -0.4 is 0 Å². The van der Waals surface area contributed by atoms with Crippen LogP contribution in [0.4, 0.5) is 0 Å². The van der Waals surface area contributed by atoms with E-state index in [1.165, 1.54) is 0 Å². The minimum absolute atomic E-state index is 0.0916. The lowest BCUT2D eigenvalue weighted by Crippen LogP contribution is -1.98. The lowest BCUT2D eigenvalue weighted by atomic mass is 10.1. The Kier molecular flexibility index (Phi) is 4.13. The first kappa shape index (κ1) is 11.7. The van der Waals surface area contributed by atoms with Gasteiger partial charge in [-0.05, 0) is 50.4 Å². The van der Waals surface area contributed by atoms with Crippen LogP contribution in [-0.2, 0) is 0 Å². The molecule has 0 bridgehead atoms. The molecule has 0 fully saturated rings. The first-order valence-electron chi connectivity index (χ1n) is 4.27. The van der Waals surface area contributed by atoms with E-state index < -0.39 is 0 Å². The van der Waals surface area contributed by atoms with Gasteiger partial charge in [-0.15, -0.1) is 0 Å². The molecule has 0 aliphatic carbocycles. The zero-order chi connectivity index (χ0) is 10.7. The Morgan fingerprint density at radius 2 is 1.86 bits per heavy atom. The summed E-state index contributed by atoms with van der Waals surface area (Å²) in [7, 11) is 0. The molecule has 0 saturated heterocycles. The second kappa shape index (κ2) is 4.94. The molecular weight excluding hydrogens is 312 g/mol. The summed E-state index contributed by atoms with van der Waals surface area (Å²) in [4.78, 5) is 11.5. The monoisotopic (exact) mass is 320 g/mol. The number of ketones is 1. The fourth-order valence-corrected chi connectivity index (χ4v) is 2.28. The lowest BCUT2D eigenvalue weighted by Gasteiger charge is -2.04. The number of halogens is 2. The summed E-state index contributed by atoms with van der Waals surface area (Å²) in [5.74, 6) is 0.215. The van der Waals surface area contributed by atoms with E-state index in [-0.39, 0.29) is 11.5 Å². The standard InChI is InChI=1S/C10H10Br2O2/c1-2-3-9(13)6-4-7(11)10(14)8(12)5-6/h4-5,14H,2-3H2,1H3. The lowest BCUT2D eigenvalue weighted by molar-refractivity contribution is 0.0981. The van der Waals surface area contributed by atoms with Crippen molar-refractivity contribution >= 4 is 37.6 Å². The smallest absolute Gasteiger partial charge is 0.162 e. The summed E-state index contributed by atoms with van der Waals surface area (Å²) in [6.07, 6.45) is 1.36. The molecule has 0 aliphatic rings. The molecule has 0 amide bonds.